The van der Waals surface area contributed by atoms with E-state index >= 15 is 0 Å². The van der Waals surface area contributed by atoms with Gasteiger partial charge in [-0.1, -0.05) is 6.07 Å². The lowest BCUT2D eigenvalue weighted by Gasteiger charge is -2.01. The number of Topliss-reactive ketones (excluding diaryl/α,β-unsaturated/α-hetero) is 1. The summed E-state index contributed by atoms with van der Waals surface area (Å²) in [6, 6.07) is 3.62. The first-order valence-electron chi connectivity index (χ1n) is 5.59. The lowest BCUT2D eigenvalue weighted by atomic mass is 10.1. The SMILES string of the molecule is COc1ccc(CC(=O)Cc2csc(C)n2)cn1. The topological polar surface area (TPSA) is 52.1 Å². The molecule has 0 aromatic carbocycles. The van der Waals surface area contributed by atoms with E-state index in [-0.39, 0.29) is 5.78 Å². The van der Waals surface area contributed by atoms with Crippen LogP contribution in [0.4, 0.5) is 0 Å². The molecule has 0 aliphatic carbocycles. The zero-order valence-electron chi connectivity index (χ0n) is 10.3. The first-order chi connectivity index (χ1) is 8.67. The number of ether oxygens (including phenoxy) is 1. The number of thiazole rings is 1. The number of nitrogens with zero attached hydrogens (tertiary/aromatic N) is 2. The summed E-state index contributed by atoms with van der Waals surface area (Å²) in [6.45, 7) is 1.94. The molecule has 0 amide bonds. The zero-order valence-corrected chi connectivity index (χ0v) is 11.2. The minimum absolute atomic E-state index is 0.146. The van der Waals surface area contributed by atoms with Crippen LogP contribution in [0.1, 0.15) is 16.3 Å². The molecule has 0 N–H and O–H groups in total. The lowest BCUT2D eigenvalue weighted by Crippen LogP contribution is -2.07. The maximum absolute atomic E-state index is 11.9. The van der Waals surface area contributed by atoms with Gasteiger partial charge in [-0.05, 0) is 12.5 Å². The van der Waals surface area contributed by atoms with Crippen molar-refractivity contribution in [1.82, 2.24) is 9.97 Å². The van der Waals surface area contributed by atoms with Gasteiger partial charge in [-0.15, -0.1) is 11.3 Å². The molecule has 2 heterocycles. The van der Waals surface area contributed by atoms with Crippen LogP contribution in [0.2, 0.25) is 0 Å². The third-order valence-electron chi connectivity index (χ3n) is 2.45. The predicted octanol–water partition coefficient (Wildman–Crippen LogP) is 2.21. The average molecular weight is 262 g/mol. The van der Waals surface area contributed by atoms with Crippen LogP contribution in [0.5, 0.6) is 5.88 Å². The highest BCUT2D eigenvalue weighted by molar-refractivity contribution is 7.09. The minimum atomic E-state index is 0.146. The Balaban J connectivity index is 1.94. The van der Waals surface area contributed by atoms with Gasteiger partial charge < -0.3 is 4.74 Å². The Kier molecular flexibility index (Phi) is 4.04. The van der Waals surface area contributed by atoms with Crippen molar-refractivity contribution in [1.29, 1.82) is 0 Å². The van der Waals surface area contributed by atoms with E-state index in [9.17, 15) is 4.79 Å². The van der Waals surface area contributed by atoms with Gasteiger partial charge in [0, 0.05) is 30.5 Å². The summed E-state index contributed by atoms with van der Waals surface area (Å²) in [7, 11) is 1.57. The molecule has 0 radical (unpaired) electrons. The molecular formula is C13H14N2O2S. The molecule has 0 atom stereocenters. The van der Waals surface area contributed by atoms with Gasteiger partial charge in [0.1, 0.15) is 5.78 Å². The van der Waals surface area contributed by atoms with Gasteiger partial charge in [-0.25, -0.2) is 9.97 Å². The summed E-state index contributed by atoms with van der Waals surface area (Å²) < 4.78 is 4.97. The third kappa shape index (κ3) is 3.37. The standard InChI is InChI=1S/C13H14N2O2S/c1-9-15-11(8-18-9)6-12(16)5-10-3-4-13(17-2)14-7-10/h3-4,7-8H,5-6H2,1-2H3. The number of aryl methyl sites for hydroxylation is 1. The van der Waals surface area contributed by atoms with Crippen molar-refractivity contribution >= 4 is 17.1 Å². The molecule has 2 rings (SSSR count). The maximum atomic E-state index is 11.9. The third-order valence-corrected chi connectivity index (χ3v) is 3.28. The predicted molar refractivity (Wildman–Crippen MR) is 70.1 cm³/mol. The molecule has 0 saturated heterocycles. The molecule has 0 aliphatic heterocycles. The van der Waals surface area contributed by atoms with Crippen LogP contribution in [-0.4, -0.2) is 22.9 Å². The fourth-order valence-electron chi connectivity index (χ4n) is 1.62. The van der Waals surface area contributed by atoms with Crippen molar-refractivity contribution in [3.8, 4) is 5.88 Å². The molecule has 0 unspecified atom stereocenters. The Bertz CT molecular complexity index is 534. The summed E-state index contributed by atoms with van der Waals surface area (Å²) >= 11 is 1.57. The molecular weight excluding hydrogens is 248 g/mol. The van der Waals surface area contributed by atoms with Gasteiger partial charge in [0.2, 0.25) is 5.88 Å². The Morgan fingerprint density at radius 1 is 1.39 bits per heavy atom. The molecule has 0 bridgehead atoms. The van der Waals surface area contributed by atoms with E-state index < -0.39 is 0 Å². The molecule has 5 heteroatoms. The number of pyridine rings is 1. The molecule has 4 nitrogen and oxygen atoms in total. The molecule has 0 saturated carbocycles. The van der Waals surface area contributed by atoms with E-state index in [1.165, 1.54) is 0 Å². The van der Waals surface area contributed by atoms with Gasteiger partial charge in [0.15, 0.2) is 0 Å². The molecule has 0 spiro atoms. The summed E-state index contributed by atoms with van der Waals surface area (Å²) in [4.78, 5) is 20.2. The fraction of sp³-hybridized carbons (Fsp3) is 0.308. The minimum Gasteiger partial charge on any atom is -0.481 e. The first-order valence-corrected chi connectivity index (χ1v) is 6.47. The van der Waals surface area contributed by atoms with Crippen LogP contribution in [0.15, 0.2) is 23.7 Å². The van der Waals surface area contributed by atoms with Crippen molar-refractivity contribution in [2.75, 3.05) is 7.11 Å². The van der Waals surface area contributed by atoms with Crippen LogP contribution in [-0.2, 0) is 17.6 Å². The number of carbonyl (C=O) groups excluding carboxylic acids is 1. The summed E-state index contributed by atoms with van der Waals surface area (Å²) in [6.07, 6.45) is 2.44. The van der Waals surface area contributed by atoms with Crippen molar-refractivity contribution < 1.29 is 9.53 Å². The second kappa shape index (κ2) is 5.73. The number of rotatable bonds is 5. The highest BCUT2D eigenvalue weighted by Gasteiger charge is 2.08. The van der Waals surface area contributed by atoms with E-state index in [2.05, 4.69) is 9.97 Å². The highest BCUT2D eigenvalue weighted by Crippen LogP contribution is 2.11. The Morgan fingerprint density at radius 2 is 2.22 bits per heavy atom. The first kappa shape index (κ1) is 12.7. The highest BCUT2D eigenvalue weighted by atomic mass is 32.1. The van der Waals surface area contributed by atoms with Gasteiger partial charge in [0.25, 0.3) is 0 Å². The van der Waals surface area contributed by atoms with Crippen molar-refractivity contribution in [2.24, 2.45) is 0 Å². The molecule has 0 fully saturated rings. The van der Waals surface area contributed by atoms with Gasteiger partial charge in [-0.3, -0.25) is 4.79 Å². The maximum Gasteiger partial charge on any atom is 0.212 e. The number of hydrogen-bond acceptors (Lipinski definition) is 5. The Morgan fingerprint density at radius 3 is 2.78 bits per heavy atom. The van der Waals surface area contributed by atoms with Crippen LogP contribution in [0.25, 0.3) is 0 Å². The van der Waals surface area contributed by atoms with Crippen molar-refractivity contribution in [3.05, 3.63) is 40.0 Å². The quantitative estimate of drug-likeness (QED) is 0.829. The summed E-state index contributed by atoms with van der Waals surface area (Å²) in [5.74, 6) is 0.702. The van der Waals surface area contributed by atoms with E-state index in [0.29, 0.717) is 18.7 Å². The largest absolute Gasteiger partial charge is 0.481 e. The van der Waals surface area contributed by atoms with Crippen LogP contribution in [0.3, 0.4) is 0 Å². The van der Waals surface area contributed by atoms with Crippen molar-refractivity contribution in [3.63, 3.8) is 0 Å². The van der Waals surface area contributed by atoms with Gasteiger partial charge in [0.05, 0.1) is 17.8 Å². The molecule has 2 aromatic heterocycles. The fourth-order valence-corrected chi connectivity index (χ4v) is 2.23. The van der Waals surface area contributed by atoms with Crippen LogP contribution < -0.4 is 4.74 Å². The smallest absolute Gasteiger partial charge is 0.212 e. The summed E-state index contributed by atoms with van der Waals surface area (Å²) in [5.41, 5.74) is 1.75. The number of ketones is 1. The number of aromatic nitrogens is 2. The van der Waals surface area contributed by atoms with E-state index in [1.807, 2.05) is 18.4 Å². The second-order valence-electron chi connectivity index (χ2n) is 3.96. The summed E-state index contributed by atoms with van der Waals surface area (Å²) in [5, 5.41) is 2.92. The normalized spacial score (nSPS) is 10.3. The van der Waals surface area contributed by atoms with Crippen molar-refractivity contribution in [2.45, 2.75) is 19.8 Å². The van der Waals surface area contributed by atoms with E-state index in [4.69, 9.17) is 4.74 Å². The molecule has 94 valence electrons. The number of carbonyl (C=O) groups is 1. The van der Waals surface area contributed by atoms with E-state index in [1.54, 1.807) is 30.7 Å². The van der Waals surface area contributed by atoms with Crippen LogP contribution >= 0.6 is 11.3 Å². The van der Waals surface area contributed by atoms with Gasteiger partial charge >= 0.3 is 0 Å². The zero-order chi connectivity index (χ0) is 13.0. The lowest BCUT2D eigenvalue weighted by molar-refractivity contribution is -0.117. The monoisotopic (exact) mass is 262 g/mol. The average Bonchev–Trinajstić information content (AvgIpc) is 2.75. The van der Waals surface area contributed by atoms with E-state index in [0.717, 1.165) is 16.3 Å². The second-order valence-corrected chi connectivity index (χ2v) is 5.02. The Hall–Kier alpha value is -1.75. The molecule has 2 aromatic rings. The van der Waals surface area contributed by atoms with Gasteiger partial charge in [-0.2, -0.15) is 0 Å². The Labute approximate surface area is 110 Å². The molecule has 0 aliphatic rings. The van der Waals surface area contributed by atoms with Crippen LogP contribution in [0, 0.1) is 6.92 Å². The molecule has 18 heavy (non-hydrogen) atoms. The number of methoxy groups -OCH3 is 1. The number of hydrogen-bond donors (Lipinski definition) is 0.